The number of rotatable bonds is 8. The van der Waals surface area contributed by atoms with Gasteiger partial charge in [-0.3, -0.25) is 9.78 Å². The molecular formula is C19H23NO3S. The average molecular weight is 345 g/mol. The zero-order chi connectivity index (χ0) is 17.4. The summed E-state index contributed by atoms with van der Waals surface area (Å²) in [4.78, 5) is 15.8. The number of hydrogen-bond donors (Lipinski definition) is 1. The molecule has 0 saturated carbocycles. The van der Waals surface area contributed by atoms with Crippen LogP contribution in [0.25, 0.3) is 0 Å². The van der Waals surface area contributed by atoms with Crippen LogP contribution in [-0.2, 0) is 28.8 Å². The highest BCUT2D eigenvalue weighted by atomic mass is 32.1. The minimum atomic E-state index is -0.445. The number of carbonyl (C=O) groups excluding carboxylic acids is 1. The van der Waals surface area contributed by atoms with E-state index in [0.717, 1.165) is 29.8 Å². The second kappa shape index (κ2) is 9.33. The molecule has 1 unspecified atom stereocenters. The van der Waals surface area contributed by atoms with Gasteiger partial charge < -0.3 is 9.47 Å². The van der Waals surface area contributed by atoms with Gasteiger partial charge in [0.1, 0.15) is 11.0 Å². The lowest BCUT2D eigenvalue weighted by Gasteiger charge is -2.10. The summed E-state index contributed by atoms with van der Waals surface area (Å²) in [5.74, 6) is 0.484. The quantitative estimate of drug-likeness (QED) is 0.589. The molecule has 4 nitrogen and oxygen atoms in total. The third kappa shape index (κ3) is 5.57. The van der Waals surface area contributed by atoms with Gasteiger partial charge in [-0.05, 0) is 42.2 Å². The molecule has 2 rings (SSSR count). The number of aromatic nitrogens is 1. The fourth-order valence-corrected chi connectivity index (χ4v) is 2.57. The van der Waals surface area contributed by atoms with Crippen LogP contribution in [0.5, 0.6) is 5.75 Å². The number of ether oxygens (including phenoxy) is 2. The summed E-state index contributed by atoms with van der Waals surface area (Å²) in [6.07, 6.45) is 4.22. The van der Waals surface area contributed by atoms with E-state index in [9.17, 15) is 4.79 Å². The predicted octanol–water partition coefficient (Wildman–Crippen LogP) is 3.28. The van der Waals surface area contributed by atoms with Crippen LogP contribution in [0.4, 0.5) is 0 Å². The van der Waals surface area contributed by atoms with Gasteiger partial charge in [0.15, 0.2) is 0 Å². The number of aryl methyl sites for hydroxylation is 1. The van der Waals surface area contributed by atoms with Gasteiger partial charge in [-0.1, -0.05) is 25.1 Å². The highest BCUT2D eigenvalue weighted by Gasteiger charge is 2.14. The third-order valence-corrected chi connectivity index (χ3v) is 4.14. The minimum absolute atomic E-state index is 0.319. The Morgan fingerprint density at radius 2 is 1.88 bits per heavy atom. The van der Waals surface area contributed by atoms with Crippen LogP contribution in [-0.4, -0.2) is 29.9 Å². The number of carbonyl (C=O) groups is 1. The molecule has 0 saturated heterocycles. The molecule has 0 N–H and O–H groups in total. The molecule has 0 spiro atoms. The summed E-state index contributed by atoms with van der Waals surface area (Å²) >= 11 is 4.24. The molecule has 0 aliphatic carbocycles. The van der Waals surface area contributed by atoms with E-state index >= 15 is 0 Å². The van der Waals surface area contributed by atoms with E-state index < -0.39 is 5.25 Å². The van der Waals surface area contributed by atoms with Crippen molar-refractivity contribution in [2.45, 2.75) is 31.4 Å². The normalized spacial score (nSPS) is 11.8. The van der Waals surface area contributed by atoms with Crippen molar-refractivity contribution in [3.63, 3.8) is 0 Å². The van der Waals surface area contributed by atoms with Crippen LogP contribution in [0.2, 0.25) is 0 Å². The lowest BCUT2D eigenvalue weighted by atomic mass is 10.1. The molecule has 1 atom stereocenters. The second-order valence-electron chi connectivity index (χ2n) is 5.50. The number of pyridine rings is 1. The fourth-order valence-electron chi connectivity index (χ4n) is 2.25. The monoisotopic (exact) mass is 345 g/mol. The van der Waals surface area contributed by atoms with Gasteiger partial charge in [-0.25, -0.2) is 0 Å². The van der Waals surface area contributed by atoms with Gasteiger partial charge >= 0.3 is 5.97 Å². The molecule has 0 fully saturated rings. The Balaban J connectivity index is 1.79. The Morgan fingerprint density at radius 3 is 2.46 bits per heavy atom. The first-order valence-electron chi connectivity index (χ1n) is 8.03. The summed E-state index contributed by atoms with van der Waals surface area (Å²) in [7, 11) is 1.37. The Morgan fingerprint density at radius 1 is 1.17 bits per heavy atom. The molecule has 1 aromatic carbocycles. The van der Waals surface area contributed by atoms with Crippen LogP contribution >= 0.6 is 12.6 Å². The zero-order valence-corrected chi connectivity index (χ0v) is 15.0. The molecule has 0 aliphatic heterocycles. The number of hydrogen-bond acceptors (Lipinski definition) is 5. The van der Waals surface area contributed by atoms with E-state index in [0.29, 0.717) is 13.0 Å². The summed E-state index contributed by atoms with van der Waals surface area (Å²) < 4.78 is 10.4. The molecule has 24 heavy (non-hydrogen) atoms. The number of esters is 1. The van der Waals surface area contributed by atoms with Crippen molar-refractivity contribution in [1.29, 1.82) is 0 Å². The molecule has 5 heteroatoms. The Bertz CT molecular complexity index is 641. The zero-order valence-electron chi connectivity index (χ0n) is 14.1. The van der Waals surface area contributed by atoms with Crippen molar-refractivity contribution in [3.8, 4) is 5.75 Å². The molecule has 1 aromatic heterocycles. The third-order valence-electron chi connectivity index (χ3n) is 3.75. The Kier molecular flexibility index (Phi) is 7.12. The maximum Gasteiger partial charge on any atom is 0.318 e. The summed E-state index contributed by atoms with van der Waals surface area (Å²) in [5, 5.41) is -0.445. The van der Waals surface area contributed by atoms with Crippen LogP contribution in [0.3, 0.4) is 0 Å². The lowest BCUT2D eigenvalue weighted by molar-refractivity contribution is -0.139. The van der Waals surface area contributed by atoms with Crippen molar-refractivity contribution >= 4 is 18.6 Å². The molecule has 128 valence electrons. The van der Waals surface area contributed by atoms with Crippen molar-refractivity contribution in [3.05, 3.63) is 59.4 Å². The SMILES string of the molecule is CCc1ccc(CCOc2ccc(CC(S)C(=O)OC)cc2)nc1. The first-order chi connectivity index (χ1) is 11.6. The van der Waals surface area contributed by atoms with Gasteiger partial charge in [0.2, 0.25) is 0 Å². The van der Waals surface area contributed by atoms with Crippen molar-refractivity contribution < 1.29 is 14.3 Å². The molecule has 2 aromatic rings. The van der Waals surface area contributed by atoms with Gasteiger partial charge in [0, 0.05) is 18.3 Å². The molecule has 0 radical (unpaired) electrons. The van der Waals surface area contributed by atoms with E-state index in [1.165, 1.54) is 12.7 Å². The highest BCUT2D eigenvalue weighted by Crippen LogP contribution is 2.16. The van der Waals surface area contributed by atoms with Crippen LogP contribution < -0.4 is 4.74 Å². The predicted molar refractivity (Wildman–Crippen MR) is 97.8 cm³/mol. The molecule has 0 aliphatic rings. The summed E-state index contributed by atoms with van der Waals surface area (Å²) in [6, 6.07) is 11.8. The van der Waals surface area contributed by atoms with E-state index in [4.69, 9.17) is 4.74 Å². The number of benzene rings is 1. The van der Waals surface area contributed by atoms with Crippen molar-refractivity contribution in [2.75, 3.05) is 13.7 Å². The maximum absolute atomic E-state index is 11.4. The Hall–Kier alpha value is -2.01. The molecule has 0 amide bonds. The maximum atomic E-state index is 11.4. The molecule has 0 bridgehead atoms. The van der Waals surface area contributed by atoms with E-state index in [-0.39, 0.29) is 5.97 Å². The van der Waals surface area contributed by atoms with Gasteiger partial charge in [-0.15, -0.1) is 0 Å². The Labute approximate surface area is 148 Å². The fraction of sp³-hybridized carbons (Fsp3) is 0.368. The van der Waals surface area contributed by atoms with Crippen LogP contribution in [0.15, 0.2) is 42.6 Å². The van der Waals surface area contributed by atoms with E-state index in [2.05, 4.69) is 35.3 Å². The minimum Gasteiger partial charge on any atom is -0.493 e. The van der Waals surface area contributed by atoms with Gasteiger partial charge in [0.25, 0.3) is 0 Å². The summed E-state index contributed by atoms with van der Waals surface area (Å²) in [5.41, 5.74) is 3.29. The first kappa shape index (κ1) is 18.3. The lowest BCUT2D eigenvalue weighted by Crippen LogP contribution is -2.18. The van der Waals surface area contributed by atoms with E-state index in [1.54, 1.807) is 0 Å². The van der Waals surface area contributed by atoms with Crippen LogP contribution in [0.1, 0.15) is 23.7 Å². The van der Waals surface area contributed by atoms with Crippen LogP contribution in [0, 0.1) is 0 Å². The van der Waals surface area contributed by atoms with Crippen molar-refractivity contribution in [2.24, 2.45) is 0 Å². The number of thiol groups is 1. The highest BCUT2D eigenvalue weighted by molar-refractivity contribution is 7.81. The standard InChI is InChI=1S/C19H23NO3S/c1-3-14-4-7-16(20-13-14)10-11-23-17-8-5-15(6-9-17)12-18(24)19(21)22-2/h4-9,13,18,24H,3,10-12H2,1-2H3. The van der Waals surface area contributed by atoms with Crippen molar-refractivity contribution in [1.82, 2.24) is 4.98 Å². The molecular weight excluding hydrogens is 322 g/mol. The largest absolute Gasteiger partial charge is 0.493 e. The van der Waals surface area contributed by atoms with E-state index in [1.807, 2.05) is 36.5 Å². The van der Waals surface area contributed by atoms with Gasteiger partial charge in [0.05, 0.1) is 13.7 Å². The number of methoxy groups -OCH3 is 1. The average Bonchev–Trinajstić information content (AvgIpc) is 2.63. The topological polar surface area (TPSA) is 48.4 Å². The first-order valence-corrected chi connectivity index (χ1v) is 8.55. The second-order valence-corrected chi connectivity index (χ2v) is 6.12. The smallest absolute Gasteiger partial charge is 0.318 e. The molecule has 1 heterocycles. The number of nitrogens with zero attached hydrogens (tertiary/aromatic N) is 1. The summed E-state index contributed by atoms with van der Waals surface area (Å²) in [6.45, 7) is 2.69. The van der Waals surface area contributed by atoms with Gasteiger partial charge in [-0.2, -0.15) is 12.6 Å².